The summed E-state index contributed by atoms with van der Waals surface area (Å²) in [5, 5.41) is 11.4. The summed E-state index contributed by atoms with van der Waals surface area (Å²) in [6.07, 6.45) is -5.99. The summed E-state index contributed by atoms with van der Waals surface area (Å²) in [4.78, 5) is 13.5. The van der Waals surface area contributed by atoms with Crippen LogP contribution in [0.1, 0.15) is 18.1 Å². The van der Waals surface area contributed by atoms with Gasteiger partial charge in [-0.25, -0.2) is 0 Å². The average molecular weight is 224 g/mol. The predicted molar refractivity (Wildman–Crippen MR) is 40.0 cm³/mol. The van der Waals surface area contributed by atoms with Crippen molar-refractivity contribution in [2.45, 2.75) is 25.4 Å². The number of halogens is 3. The molecule has 0 unspecified atom stereocenters. The third kappa shape index (κ3) is 4.43. The lowest BCUT2D eigenvalue weighted by Crippen LogP contribution is -2.12. The minimum absolute atomic E-state index is 0.0693. The summed E-state index contributed by atoms with van der Waals surface area (Å²) in [7, 11) is 0. The number of carboxylic acid groups (broad SMARTS) is 1. The van der Waals surface area contributed by atoms with Crippen LogP contribution in [0.3, 0.4) is 0 Å². The van der Waals surface area contributed by atoms with Crippen molar-refractivity contribution in [2.75, 3.05) is 0 Å². The van der Waals surface area contributed by atoms with Crippen LogP contribution < -0.4 is 0 Å². The zero-order valence-electron chi connectivity index (χ0n) is 7.41. The molecule has 0 aliphatic carbocycles. The van der Waals surface area contributed by atoms with Crippen molar-refractivity contribution in [3.05, 3.63) is 11.7 Å². The van der Waals surface area contributed by atoms with Crippen LogP contribution in [0.4, 0.5) is 13.2 Å². The summed E-state index contributed by atoms with van der Waals surface area (Å²) in [6.45, 7) is 0. The van der Waals surface area contributed by atoms with Crippen LogP contribution in [0, 0.1) is 0 Å². The first-order chi connectivity index (χ1) is 6.87. The van der Waals surface area contributed by atoms with Crippen LogP contribution in [0.15, 0.2) is 4.52 Å². The summed E-state index contributed by atoms with van der Waals surface area (Å²) >= 11 is 0. The fourth-order valence-electron chi connectivity index (χ4n) is 0.857. The summed E-state index contributed by atoms with van der Waals surface area (Å²) in [5.41, 5.74) is 0. The maximum Gasteiger partial charge on any atom is 0.396 e. The molecule has 0 spiro atoms. The van der Waals surface area contributed by atoms with E-state index < -0.39 is 24.4 Å². The lowest BCUT2D eigenvalue weighted by molar-refractivity contribution is -0.137. The van der Waals surface area contributed by atoms with Gasteiger partial charge in [0, 0.05) is 6.42 Å². The Hall–Kier alpha value is -1.60. The van der Waals surface area contributed by atoms with E-state index in [-0.39, 0.29) is 18.7 Å². The van der Waals surface area contributed by atoms with Crippen molar-refractivity contribution < 1.29 is 27.6 Å². The monoisotopic (exact) mass is 224 g/mol. The van der Waals surface area contributed by atoms with E-state index in [4.69, 9.17) is 5.11 Å². The Morgan fingerprint density at radius 1 is 1.47 bits per heavy atom. The SMILES string of the molecule is O=C(O)CCc1nc(CC(F)(F)F)no1. The fourth-order valence-corrected chi connectivity index (χ4v) is 0.857. The summed E-state index contributed by atoms with van der Waals surface area (Å²) in [5.74, 6) is -1.66. The largest absolute Gasteiger partial charge is 0.481 e. The summed E-state index contributed by atoms with van der Waals surface area (Å²) in [6, 6.07) is 0. The fraction of sp³-hybridized carbons (Fsp3) is 0.571. The molecular weight excluding hydrogens is 217 g/mol. The predicted octanol–water partition coefficient (Wildman–Crippen LogP) is 1.19. The van der Waals surface area contributed by atoms with Crippen molar-refractivity contribution in [1.82, 2.24) is 10.1 Å². The molecule has 0 fully saturated rings. The molecule has 0 saturated carbocycles. The minimum atomic E-state index is -4.39. The Labute approximate surface area is 81.9 Å². The molecular formula is C7H7F3N2O3. The van der Waals surface area contributed by atoms with E-state index in [0.29, 0.717) is 0 Å². The van der Waals surface area contributed by atoms with Gasteiger partial charge in [0.05, 0.1) is 6.42 Å². The van der Waals surface area contributed by atoms with Crippen molar-refractivity contribution in [3.8, 4) is 0 Å². The number of nitrogens with zero attached hydrogens (tertiary/aromatic N) is 2. The normalized spacial score (nSPS) is 11.7. The van der Waals surface area contributed by atoms with Crippen LogP contribution >= 0.6 is 0 Å². The maximum absolute atomic E-state index is 11.8. The Kier molecular flexibility index (Phi) is 3.28. The number of carbonyl (C=O) groups is 1. The van der Waals surface area contributed by atoms with Gasteiger partial charge >= 0.3 is 12.1 Å². The molecule has 84 valence electrons. The van der Waals surface area contributed by atoms with Gasteiger partial charge in [-0.05, 0) is 0 Å². The Morgan fingerprint density at radius 2 is 2.13 bits per heavy atom. The number of aromatic nitrogens is 2. The van der Waals surface area contributed by atoms with Crippen LogP contribution in [-0.4, -0.2) is 27.4 Å². The standard InChI is InChI=1S/C7H7F3N2O3/c8-7(9,10)3-4-11-5(15-12-4)1-2-6(13)14/h1-3H2,(H,13,14). The van der Waals surface area contributed by atoms with E-state index in [9.17, 15) is 18.0 Å². The summed E-state index contributed by atoms with van der Waals surface area (Å²) < 4.78 is 40.0. The van der Waals surface area contributed by atoms with Crippen molar-refractivity contribution in [1.29, 1.82) is 0 Å². The number of rotatable bonds is 4. The van der Waals surface area contributed by atoms with Gasteiger partial charge in [0.25, 0.3) is 0 Å². The minimum Gasteiger partial charge on any atom is -0.481 e. The Balaban J connectivity index is 2.53. The van der Waals surface area contributed by atoms with E-state index in [2.05, 4.69) is 14.7 Å². The van der Waals surface area contributed by atoms with Gasteiger partial charge in [-0.3, -0.25) is 4.79 Å². The highest BCUT2D eigenvalue weighted by molar-refractivity contribution is 5.66. The molecule has 15 heavy (non-hydrogen) atoms. The molecule has 1 N–H and O–H groups in total. The van der Waals surface area contributed by atoms with E-state index >= 15 is 0 Å². The first-order valence-electron chi connectivity index (χ1n) is 3.97. The number of hydrogen-bond acceptors (Lipinski definition) is 4. The molecule has 1 aromatic rings. The third-order valence-corrected chi connectivity index (χ3v) is 1.42. The molecule has 0 aliphatic heterocycles. The number of hydrogen-bond donors (Lipinski definition) is 1. The van der Waals surface area contributed by atoms with E-state index in [0.717, 1.165) is 0 Å². The maximum atomic E-state index is 11.8. The lowest BCUT2D eigenvalue weighted by atomic mass is 10.3. The lowest BCUT2D eigenvalue weighted by Gasteiger charge is -1.99. The molecule has 0 aliphatic rings. The molecule has 0 aromatic carbocycles. The molecule has 0 atom stereocenters. The molecule has 0 amide bonds. The van der Waals surface area contributed by atoms with Crippen LogP contribution in [0.5, 0.6) is 0 Å². The molecule has 1 rings (SSSR count). The highest BCUT2D eigenvalue weighted by Crippen LogP contribution is 2.19. The van der Waals surface area contributed by atoms with Gasteiger partial charge < -0.3 is 9.63 Å². The average Bonchev–Trinajstić information content (AvgIpc) is 2.45. The van der Waals surface area contributed by atoms with Crippen molar-refractivity contribution in [2.24, 2.45) is 0 Å². The van der Waals surface area contributed by atoms with Gasteiger partial charge in [0.2, 0.25) is 5.89 Å². The highest BCUT2D eigenvalue weighted by atomic mass is 19.4. The molecule has 0 bridgehead atoms. The van der Waals surface area contributed by atoms with Crippen LogP contribution in [-0.2, 0) is 17.6 Å². The number of aliphatic carboxylic acids is 1. The van der Waals surface area contributed by atoms with Gasteiger partial charge in [-0.1, -0.05) is 5.16 Å². The van der Waals surface area contributed by atoms with Crippen molar-refractivity contribution in [3.63, 3.8) is 0 Å². The van der Waals surface area contributed by atoms with Crippen molar-refractivity contribution >= 4 is 5.97 Å². The molecule has 1 aromatic heterocycles. The van der Waals surface area contributed by atoms with Crippen LogP contribution in [0.25, 0.3) is 0 Å². The molecule has 1 heterocycles. The first kappa shape index (κ1) is 11.5. The number of alkyl halides is 3. The number of aryl methyl sites for hydroxylation is 1. The first-order valence-corrected chi connectivity index (χ1v) is 3.97. The zero-order valence-corrected chi connectivity index (χ0v) is 7.41. The topological polar surface area (TPSA) is 76.2 Å². The molecule has 0 radical (unpaired) electrons. The molecule has 5 nitrogen and oxygen atoms in total. The second kappa shape index (κ2) is 4.28. The quantitative estimate of drug-likeness (QED) is 0.831. The molecule has 0 saturated heterocycles. The number of carboxylic acids is 1. The van der Waals surface area contributed by atoms with E-state index in [1.807, 2.05) is 0 Å². The second-order valence-corrected chi connectivity index (χ2v) is 2.79. The van der Waals surface area contributed by atoms with Gasteiger partial charge in [-0.2, -0.15) is 18.2 Å². The Morgan fingerprint density at radius 3 is 2.67 bits per heavy atom. The molecule has 8 heteroatoms. The van der Waals surface area contributed by atoms with E-state index in [1.54, 1.807) is 0 Å². The van der Waals surface area contributed by atoms with Gasteiger partial charge in [0.1, 0.15) is 6.42 Å². The second-order valence-electron chi connectivity index (χ2n) is 2.79. The third-order valence-electron chi connectivity index (χ3n) is 1.42. The highest BCUT2D eigenvalue weighted by Gasteiger charge is 2.30. The van der Waals surface area contributed by atoms with E-state index in [1.165, 1.54) is 0 Å². The van der Waals surface area contributed by atoms with Gasteiger partial charge in [0.15, 0.2) is 5.82 Å². The Bertz CT molecular complexity index is 347. The van der Waals surface area contributed by atoms with Crippen LogP contribution in [0.2, 0.25) is 0 Å². The smallest absolute Gasteiger partial charge is 0.396 e. The van der Waals surface area contributed by atoms with Gasteiger partial charge in [-0.15, -0.1) is 0 Å². The zero-order chi connectivity index (χ0) is 11.5.